The zero-order valence-electron chi connectivity index (χ0n) is 17.5. The molecule has 7 nitrogen and oxygen atoms in total. The van der Waals surface area contributed by atoms with Crippen LogP contribution in [0.25, 0.3) is 11.3 Å². The highest BCUT2D eigenvalue weighted by Crippen LogP contribution is 2.46. The van der Waals surface area contributed by atoms with E-state index in [-0.39, 0.29) is 23.1 Å². The molecule has 4 heterocycles. The number of fused-ring (bicyclic) bond motifs is 1. The average Bonchev–Trinajstić information content (AvgIpc) is 3.62. The second-order valence-corrected chi connectivity index (χ2v) is 8.47. The first-order chi connectivity index (χ1) is 16.0. The van der Waals surface area contributed by atoms with E-state index in [0.29, 0.717) is 31.6 Å². The molecule has 1 aliphatic carbocycles. The number of amides is 1. The van der Waals surface area contributed by atoms with Gasteiger partial charge in [0.1, 0.15) is 11.6 Å². The largest absolute Gasteiger partial charge is 0.431 e. The number of anilines is 2. The number of nitrogens with zero attached hydrogens (tertiary/aromatic N) is 3. The van der Waals surface area contributed by atoms with Crippen LogP contribution in [0.15, 0.2) is 24.4 Å². The van der Waals surface area contributed by atoms with Crippen molar-refractivity contribution in [2.24, 2.45) is 5.92 Å². The number of cyclic esters (lactones) is 1. The van der Waals surface area contributed by atoms with E-state index < -0.39 is 41.5 Å². The molecule has 1 unspecified atom stereocenters. The number of hydrogen-bond donors (Lipinski definition) is 2. The lowest BCUT2D eigenvalue weighted by Gasteiger charge is -2.38. The number of ether oxygens (including phenoxy) is 1. The number of halogens is 6. The molecule has 0 radical (unpaired) electrons. The summed E-state index contributed by atoms with van der Waals surface area (Å²) in [6.45, 7) is 1.53. The van der Waals surface area contributed by atoms with Gasteiger partial charge in [0.2, 0.25) is 6.10 Å². The fourth-order valence-corrected chi connectivity index (χ4v) is 4.46. The molecule has 0 aromatic carbocycles. The number of carbonyl (C=O) groups excluding carboxylic acids is 1. The molecule has 2 atom stereocenters. The van der Waals surface area contributed by atoms with Crippen molar-refractivity contribution in [2.45, 2.75) is 37.3 Å². The van der Waals surface area contributed by atoms with E-state index in [2.05, 4.69) is 25.3 Å². The van der Waals surface area contributed by atoms with Crippen LogP contribution in [0.2, 0.25) is 0 Å². The molecule has 0 bridgehead atoms. The normalized spacial score (nSPS) is 23.2. The van der Waals surface area contributed by atoms with Crippen LogP contribution in [0.4, 0.5) is 42.8 Å². The number of hydrogen-bond acceptors (Lipinski definition) is 6. The zero-order valence-corrected chi connectivity index (χ0v) is 17.5. The van der Waals surface area contributed by atoms with Crippen molar-refractivity contribution in [2.75, 3.05) is 29.9 Å². The molecule has 2 aliphatic heterocycles. The van der Waals surface area contributed by atoms with Crippen LogP contribution in [0.5, 0.6) is 0 Å². The molecular weight excluding hydrogens is 468 g/mol. The molecule has 13 heteroatoms. The van der Waals surface area contributed by atoms with Gasteiger partial charge in [0.25, 0.3) is 0 Å². The van der Waals surface area contributed by atoms with Crippen LogP contribution in [0.1, 0.15) is 30.1 Å². The van der Waals surface area contributed by atoms with Crippen molar-refractivity contribution in [3.05, 3.63) is 35.5 Å². The number of rotatable bonds is 3. The van der Waals surface area contributed by atoms with Gasteiger partial charge in [0.15, 0.2) is 0 Å². The summed E-state index contributed by atoms with van der Waals surface area (Å²) in [5.41, 5.74) is -2.19. The van der Waals surface area contributed by atoms with E-state index in [1.165, 1.54) is 0 Å². The van der Waals surface area contributed by atoms with E-state index in [0.717, 1.165) is 31.2 Å². The highest BCUT2D eigenvalue weighted by molar-refractivity contribution is 5.89. The Kier molecular flexibility index (Phi) is 5.34. The summed E-state index contributed by atoms with van der Waals surface area (Å²) in [7, 11) is 0. The number of carbonyl (C=O) groups is 1. The second kappa shape index (κ2) is 8.00. The fraction of sp³-hybridized carbons (Fsp3) is 0.476. The van der Waals surface area contributed by atoms with Gasteiger partial charge < -0.3 is 15.0 Å². The summed E-state index contributed by atoms with van der Waals surface area (Å²) >= 11 is 0. The Morgan fingerprint density at radius 2 is 1.88 bits per heavy atom. The van der Waals surface area contributed by atoms with Crippen molar-refractivity contribution >= 4 is 17.7 Å². The van der Waals surface area contributed by atoms with E-state index in [1.54, 1.807) is 4.90 Å². The Morgan fingerprint density at radius 3 is 2.56 bits per heavy atom. The average molecular weight is 487 g/mol. The molecule has 2 fully saturated rings. The van der Waals surface area contributed by atoms with Gasteiger partial charge in [-0.15, -0.1) is 0 Å². The molecule has 3 aliphatic rings. The quantitative estimate of drug-likeness (QED) is 0.621. The molecule has 0 spiro atoms. The van der Waals surface area contributed by atoms with Gasteiger partial charge in [0, 0.05) is 37.4 Å². The first-order valence-corrected chi connectivity index (χ1v) is 10.6. The van der Waals surface area contributed by atoms with Crippen molar-refractivity contribution in [3.63, 3.8) is 0 Å². The molecule has 5 rings (SSSR count). The van der Waals surface area contributed by atoms with Crippen molar-refractivity contribution < 1.29 is 35.9 Å². The van der Waals surface area contributed by atoms with E-state index in [9.17, 15) is 31.1 Å². The third-order valence-corrected chi connectivity index (χ3v) is 6.15. The van der Waals surface area contributed by atoms with E-state index in [1.807, 2.05) is 0 Å². The molecular formula is C21H19F6N5O2. The third kappa shape index (κ3) is 4.24. The summed E-state index contributed by atoms with van der Waals surface area (Å²) in [5, 5.41) is 5.32. The number of nitrogens with one attached hydrogen (secondary N) is 2. The first kappa shape index (κ1) is 22.7. The van der Waals surface area contributed by atoms with Crippen LogP contribution in [0.3, 0.4) is 0 Å². The van der Waals surface area contributed by atoms with Gasteiger partial charge in [-0.2, -0.15) is 26.3 Å². The van der Waals surface area contributed by atoms with Crippen molar-refractivity contribution in [3.8, 4) is 11.3 Å². The summed E-state index contributed by atoms with van der Waals surface area (Å²) in [5.74, 6) is -0.0764. The van der Waals surface area contributed by atoms with Crippen molar-refractivity contribution in [1.29, 1.82) is 0 Å². The van der Waals surface area contributed by atoms with Crippen LogP contribution >= 0.6 is 0 Å². The molecule has 2 aromatic rings. The topological polar surface area (TPSA) is 79.4 Å². The summed E-state index contributed by atoms with van der Waals surface area (Å²) in [6.07, 6.45) is -10.8. The molecule has 34 heavy (non-hydrogen) atoms. The first-order valence-electron chi connectivity index (χ1n) is 10.6. The molecule has 2 N–H and O–H groups in total. The monoisotopic (exact) mass is 487 g/mol. The Labute approximate surface area is 189 Å². The zero-order chi connectivity index (χ0) is 24.3. The summed E-state index contributed by atoms with van der Waals surface area (Å²) < 4.78 is 87.1. The van der Waals surface area contributed by atoms with Crippen LogP contribution in [-0.2, 0) is 10.9 Å². The minimum Gasteiger partial charge on any atom is -0.431 e. The minimum atomic E-state index is -5.01. The summed E-state index contributed by atoms with van der Waals surface area (Å²) in [4.78, 5) is 21.6. The number of pyridine rings is 2. The Morgan fingerprint density at radius 1 is 1.12 bits per heavy atom. The lowest BCUT2D eigenvalue weighted by Crippen LogP contribution is -2.52. The highest BCUT2D eigenvalue weighted by Gasteiger charge is 2.49. The Hall–Kier alpha value is -3.09. The fourth-order valence-electron chi connectivity index (χ4n) is 4.46. The maximum Gasteiger partial charge on any atom is 0.430 e. The van der Waals surface area contributed by atoms with Crippen LogP contribution in [-0.4, -0.2) is 47.9 Å². The van der Waals surface area contributed by atoms with Gasteiger partial charge in [-0.25, -0.2) is 14.8 Å². The maximum atomic E-state index is 13.8. The predicted molar refractivity (Wildman–Crippen MR) is 108 cm³/mol. The van der Waals surface area contributed by atoms with Gasteiger partial charge >= 0.3 is 18.4 Å². The second-order valence-electron chi connectivity index (χ2n) is 8.47. The molecule has 1 saturated heterocycles. The molecule has 182 valence electrons. The maximum absolute atomic E-state index is 13.8. The van der Waals surface area contributed by atoms with Crippen LogP contribution < -0.4 is 15.5 Å². The van der Waals surface area contributed by atoms with E-state index >= 15 is 0 Å². The van der Waals surface area contributed by atoms with Gasteiger partial charge in [-0.05, 0) is 37.0 Å². The van der Waals surface area contributed by atoms with E-state index in [4.69, 9.17) is 0 Å². The van der Waals surface area contributed by atoms with Gasteiger partial charge in [0.05, 0.1) is 16.8 Å². The SMILES string of the molecule is O=C1Nc2nccc(-c3cc(C(F)(F)F)cc(N4CCNC[C@H]4C4CC4)n3)c2C(C(F)(F)F)O1. The number of alkyl halides is 6. The predicted octanol–water partition coefficient (Wildman–Crippen LogP) is 4.52. The number of piperazine rings is 1. The molecule has 2 aromatic heterocycles. The molecule has 1 saturated carbocycles. The number of aromatic nitrogens is 2. The third-order valence-electron chi connectivity index (χ3n) is 6.15. The van der Waals surface area contributed by atoms with Crippen LogP contribution in [0, 0.1) is 5.92 Å². The Balaban J connectivity index is 1.67. The minimum absolute atomic E-state index is 0.0399. The standard InChI is InChI=1S/C21H19F6N5O2/c22-20(23,24)11-7-13(30-15(8-11)32-6-5-28-9-14(32)10-1-2-10)12-3-4-29-18-16(12)17(21(25,26)27)34-19(33)31-18/h3-4,7-8,10,14,17,28H,1-2,5-6,9H2,(H,29,31,33)/t14-,17?/m0/s1. The lowest BCUT2D eigenvalue weighted by atomic mass is 9.98. The summed E-state index contributed by atoms with van der Waals surface area (Å²) in [6, 6.07) is 2.71. The van der Waals surface area contributed by atoms with Gasteiger partial charge in [-0.1, -0.05) is 0 Å². The van der Waals surface area contributed by atoms with Gasteiger partial charge in [-0.3, -0.25) is 5.32 Å². The van der Waals surface area contributed by atoms with Crippen molar-refractivity contribution in [1.82, 2.24) is 15.3 Å². The highest BCUT2D eigenvalue weighted by atomic mass is 19.4. The molecule has 1 amide bonds. The smallest absolute Gasteiger partial charge is 0.430 e. The lowest BCUT2D eigenvalue weighted by molar-refractivity contribution is -0.206. The Bertz CT molecular complexity index is 1120.